The zero-order valence-electron chi connectivity index (χ0n) is 12.1. The van der Waals surface area contributed by atoms with Gasteiger partial charge >= 0.3 is 11.9 Å². The predicted molar refractivity (Wildman–Crippen MR) is 70.1 cm³/mol. The first-order valence-corrected chi connectivity index (χ1v) is 6.78. The molecular weight excluding hydrogens is 232 g/mol. The standard InChI is InChI=1S/C14H26O4/c1-5-8-9-14(4,10-12(15)17-6-2)11-13(16)18-7-3/h5-11H2,1-4H3. The first-order valence-electron chi connectivity index (χ1n) is 6.78. The van der Waals surface area contributed by atoms with E-state index in [0.717, 1.165) is 19.3 Å². The second kappa shape index (κ2) is 8.95. The van der Waals surface area contributed by atoms with Gasteiger partial charge in [-0.25, -0.2) is 0 Å². The normalized spacial score (nSPS) is 11.1. The minimum atomic E-state index is -0.353. The molecule has 0 unspecified atom stereocenters. The molecule has 4 heteroatoms. The van der Waals surface area contributed by atoms with Gasteiger partial charge in [0, 0.05) is 0 Å². The summed E-state index contributed by atoms with van der Waals surface area (Å²) in [5.41, 5.74) is -0.353. The van der Waals surface area contributed by atoms with E-state index in [0.29, 0.717) is 13.2 Å². The molecule has 4 nitrogen and oxygen atoms in total. The van der Waals surface area contributed by atoms with Crippen molar-refractivity contribution in [3.8, 4) is 0 Å². The highest BCUT2D eigenvalue weighted by Crippen LogP contribution is 2.33. The van der Waals surface area contributed by atoms with Gasteiger partial charge in [0.25, 0.3) is 0 Å². The average molecular weight is 258 g/mol. The summed E-state index contributed by atoms with van der Waals surface area (Å²) in [7, 11) is 0. The van der Waals surface area contributed by atoms with E-state index in [1.165, 1.54) is 0 Å². The molecule has 106 valence electrons. The molecule has 0 N–H and O–H groups in total. The van der Waals surface area contributed by atoms with E-state index in [2.05, 4.69) is 6.92 Å². The molecule has 0 rings (SSSR count). The van der Waals surface area contributed by atoms with Crippen LogP contribution in [0.4, 0.5) is 0 Å². The van der Waals surface area contributed by atoms with Crippen molar-refractivity contribution in [3.63, 3.8) is 0 Å². The summed E-state index contributed by atoms with van der Waals surface area (Å²) >= 11 is 0. The van der Waals surface area contributed by atoms with E-state index >= 15 is 0 Å². The first-order chi connectivity index (χ1) is 8.47. The van der Waals surface area contributed by atoms with Crippen LogP contribution in [0, 0.1) is 5.41 Å². The number of carbonyl (C=O) groups is 2. The van der Waals surface area contributed by atoms with E-state index in [-0.39, 0.29) is 30.2 Å². The number of carbonyl (C=O) groups excluding carboxylic acids is 2. The molecule has 0 fully saturated rings. The smallest absolute Gasteiger partial charge is 0.306 e. The Kier molecular flexibility index (Phi) is 8.42. The Hall–Kier alpha value is -1.06. The molecular formula is C14H26O4. The van der Waals surface area contributed by atoms with E-state index in [4.69, 9.17) is 9.47 Å². The molecule has 0 bridgehead atoms. The van der Waals surface area contributed by atoms with E-state index < -0.39 is 0 Å². The van der Waals surface area contributed by atoms with Gasteiger partial charge in [0.2, 0.25) is 0 Å². The summed E-state index contributed by atoms with van der Waals surface area (Å²) in [6, 6.07) is 0. The Balaban J connectivity index is 4.49. The lowest BCUT2D eigenvalue weighted by Gasteiger charge is -2.27. The van der Waals surface area contributed by atoms with Gasteiger partial charge < -0.3 is 9.47 Å². The molecule has 0 amide bonds. The Labute approximate surface area is 110 Å². The van der Waals surface area contributed by atoms with Gasteiger partial charge in [0.05, 0.1) is 26.1 Å². The third kappa shape index (κ3) is 7.30. The summed E-state index contributed by atoms with van der Waals surface area (Å²) in [6.07, 6.45) is 3.43. The molecule has 0 aliphatic carbocycles. The van der Waals surface area contributed by atoms with Gasteiger partial charge in [-0.05, 0) is 25.7 Å². The lowest BCUT2D eigenvalue weighted by molar-refractivity contribution is -0.149. The Morgan fingerprint density at radius 1 is 0.944 bits per heavy atom. The van der Waals surface area contributed by atoms with Crippen LogP contribution in [-0.4, -0.2) is 25.2 Å². The van der Waals surface area contributed by atoms with Crippen molar-refractivity contribution < 1.29 is 19.1 Å². The van der Waals surface area contributed by atoms with Crippen molar-refractivity contribution in [2.24, 2.45) is 5.41 Å². The molecule has 0 spiro atoms. The van der Waals surface area contributed by atoms with Crippen LogP contribution in [0.2, 0.25) is 0 Å². The molecule has 0 saturated carbocycles. The number of esters is 2. The second-order valence-corrected chi connectivity index (χ2v) is 4.88. The average Bonchev–Trinajstić information content (AvgIpc) is 2.26. The fourth-order valence-corrected chi connectivity index (χ4v) is 1.96. The molecule has 0 atom stereocenters. The zero-order valence-corrected chi connectivity index (χ0v) is 12.1. The van der Waals surface area contributed by atoms with Crippen molar-refractivity contribution in [3.05, 3.63) is 0 Å². The molecule has 0 radical (unpaired) electrons. The van der Waals surface area contributed by atoms with Crippen LogP contribution in [0.1, 0.15) is 59.8 Å². The molecule has 0 saturated heterocycles. The highest BCUT2D eigenvalue weighted by molar-refractivity contribution is 5.74. The lowest BCUT2D eigenvalue weighted by atomic mass is 9.79. The summed E-state index contributed by atoms with van der Waals surface area (Å²) < 4.78 is 9.94. The number of hydrogen-bond acceptors (Lipinski definition) is 4. The number of ether oxygens (including phenoxy) is 2. The summed E-state index contributed by atoms with van der Waals surface area (Å²) in [6.45, 7) is 8.37. The number of rotatable bonds is 9. The van der Waals surface area contributed by atoms with E-state index in [1.54, 1.807) is 13.8 Å². The van der Waals surface area contributed by atoms with Crippen molar-refractivity contribution in [1.29, 1.82) is 0 Å². The summed E-state index contributed by atoms with van der Waals surface area (Å²) in [5, 5.41) is 0. The lowest BCUT2D eigenvalue weighted by Crippen LogP contribution is -2.26. The quantitative estimate of drug-likeness (QED) is 0.596. The SMILES string of the molecule is CCCCC(C)(CC(=O)OCC)CC(=O)OCC. The van der Waals surface area contributed by atoms with Crippen LogP contribution in [0.25, 0.3) is 0 Å². The fourth-order valence-electron chi connectivity index (χ4n) is 1.96. The fraction of sp³-hybridized carbons (Fsp3) is 0.857. The minimum Gasteiger partial charge on any atom is -0.466 e. The predicted octanol–water partition coefficient (Wildman–Crippen LogP) is 3.09. The molecule has 0 heterocycles. The monoisotopic (exact) mass is 258 g/mol. The van der Waals surface area contributed by atoms with Crippen LogP contribution in [-0.2, 0) is 19.1 Å². The molecule has 0 aromatic carbocycles. The van der Waals surface area contributed by atoms with Gasteiger partial charge in [-0.15, -0.1) is 0 Å². The third-order valence-electron chi connectivity index (χ3n) is 2.89. The van der Waals surface area contributed by atoms with Crippen LogP contribution in [0.5, 0.6) is 0 Å². The van der Waals surface area contributed by atoms with E-state index in [1.807, 2.05) is 6.92 Å². The molecule has 0 aromatic rings. The zero-order chi connectivity index (χ0) is 14.0. The Morgan fingerprint density at radius 2 is 1.39 bits per heavy atom. The van der Waals surface area contributed by atoms with Crippen LogP contribution >= 0.6 is 0 Å². The molecule has 0 aliphatic heterocycles. The van der Waals surface area contributed by atoms with E-state index in [9.17, 15) is 9.59 Å². The topological polar surface area (TPSA) is 52.6 Å². The largest absolute Gasteiger partial charge is 0.466 e. The maximum absolute atomic E-state index is 11.6. The van der Waals surface area contributed by atoms with Gasteiger partial charge in [-0.3, -0.25) is 9.59 Å². The molecule has 0 aromatic heterocycles. The van der Waals surface area contributed by atoms with Crippen molar-refractivity contribution in [2.75, 3.05) is 13.2 Å². The van der Waals surface area contributed by atoms with Crippen molar-refractivity contribution in [1.82, 2.24) is 0 Å². The summed E-state index contributed by atoms with van der Waals surface area (Å²) in [4.78, 5) is 23.2. The maximum atomic E-state index is 11.6. The van der Waals surface area contributed by atoms with Gasteiger partial charge in [-0.2, -0.15) is 0 Å². The van der Waals surface area contributed by atoms with Crippen LogP contribution in [0.3, 0.4) is 0 Å². The summed E-state index contributed by atoms with van der Waals surface area (Å²) in [5.74, 6) is -0.471. The molecule has 18 heavy (non-hydrogen) atoms. The van der Waals surface area contributed by atoms with Crippen LogP contribution < -0.4 is 0 Å². The van der Waals surface area contributed by atoms with Gasteiger partial charge in [0.15, 0.2) is 0 Å². The van der Waals surface area contributed by atoms with Gasteiger partial charge in [0.1, 0.15) is 0 Å². The number of unbranched alkanes of at least 4 members (excludes halogenated alkanes) is 1. The highest BCUT2D eigenvalue weighted by Gasteiger charge is 2.31. The minimum absolute atomic E-state index is 0.236. The maximum Gasteiger partial charge on any atom is 0.306 e. The Morgan fingerprint density at radius 3 is 1.72 bits per heavy atom. The van der Waals surface area contributed by atoms with Crippen LogP contribution in [0.15, 0.2) is 0 Å². The Bertz CT molecular complexity index is 241. The second-order valence-electron chi connectivity index (χ2n) is 4.88. The highest BCUT2D eigenvalue weighted by atomic mass is 16.5. The van der Waals surface area contributed by atoms with Crippen molar-refractivity contribution >= 4 is 11.9 Å². The molecule has 0 aliphatic rings. The van der Waals surface area contributed by atoms with Gasteiger partial charge in [-0.1, -0.05) is 26.7 Å². The number of hydrogen-bond donors (Lipinski definition) is 0. The van der Waals surface area contributed by atoms with Crippen molar-refractivity contribution in [2.45, 2.75) is 59.8 Å². The third-order valence-corrected chi connectivity index (χ3v) is 2.89. The first kappa shape index (κ1) is 16.9.